The Balaban J connectivity index is 1.58. The number of benzene rings is 3. The molecule has 0 aliphatic heterocycles. The number of ether oxygens (including phenoxy) is 1. The lowest BCUT2D eigenvalue weighted by Gasteiger charge is -2.37. The van der Waals surface area contributed by atoms with Gasteiger partial charge in [0.15, 0.2) is 0 Å². The summed E-state index contributed by atoms with van der Waals surface area (Å²) in [7, 11) is 0. The van der Waals surface area contributed by atoms with Crippen LogP contribution in [0.5, 0.6) is 0 Å². The van der Waals surface area contributed by atoms with Crippen molar-refractivity contribution in [2.45, 2.75) is 71.5 Å². The molecule has 1 aliphatic rings. The minimum absolute atomic E-state index is 0.313. The van der Waals surface area contributed by atoms with E-state index in [2.05, 4.69) is 92.2 Å². The first-order valence-electron chi connectivity index (χ1n) is 11.2. The molecule has 154 valence electrons. The second-order valence-electron chi connectivity index (χ2n) is 9.36. The molecular weight excluding hydrogens is 420 g/mol. The fourth-order valence-corrected chi connectivity index (χ4v) is 6.06. The molecule has 3 aromatic rings. The molecule has 3 aromatic carbocycles. The molecule has 0 saturated heterocycles. The van der Waals surface area contributed by atoms with Gasteiger partial charge in [0.2, 0.25) is 0 Å². The van der Waals surface area contributed by atoms with E-state index < -0.39 is 0 Å². The predicted octanol–water partition coefficient (Wildman–Crippen LogP) is 8.61. The second-order valence-corrected chi connectivity index (χ2v) is 10.2. The van der Waals surface area contributed by atoms with E-state index in [1.807, 2.05) is 0 Å². The lowest BCUT2D eigenvalue weighted by Crippen LogP contribution is -2.32. The van der Waals surface area contributed by atoms with Crippen LogP contribution in [0.3, 0.4) is 0 Å². The highest BCUT2D eigenvalue weighted by Gasteiger charge is 2.32. The van der Waals surface area contributed by atoms with E-state index in [0.717, 1.165) is 11.8 Å². The van der Waals surface area contributed by atoms with Crippen molar-refractivity contribution in [3.63, 3.8) is 0 Å². The molecule has 0 amide bonds. The average molecular weight is 453 g/mol. The zero-order valence-electron chi connectivity index (χ0n) is 18.2. The number of fused-ring (bicyclic) bond motifs is 3. The standard InChI is InChI=1S/C27H33BrO/c1-5-18(2)19-10-13-21(14-11-19)29-27(3,4)25-17-16-23-22-9-7-6-8-20(22)12-15-24(23)26(25)28/h6-9,12,15-19,21H,5,10-11,13-14H2,1-4H3. The van der Waals surface area contributed by atoms with Crippen LogP contribution in [0, 0.1) is 11.8 Å². The summed E-state index contributed by atoms with van der Waals surface area (Å²) in [6, 6.07) is 17.6. The molecule has 1 fully saturated rings. The molecule has 4 rings (SSSR count). The zero-order chi connectivity index (χ0) is 20.6. The van der Waals surface area contributed by atoms with E-state index in [9.17, 15) is 0 Å². The summed E-state index contributed by atoms with van der Waals surface area (Å²) >= 11 is 3.93. The van der Waals surface area contributed by atoms with Crippen LogP contribution < -0.4 is 0 Å². The van der Waals surface area contributed by atoms with Crippen LogP contribution in [0.1, 0.15) is 65.4 Å². The summed E-state index contributed by atoms with van der Waals surface area (Å²) in [6.45, 7) is 9.17. The smallest absolute Gasteiger partial charge is 0.0890 e. The van der Waals surface area contributed by atoms with Gasteiger partial charge in [-0.25, -0.2) is 0 Å². The maximum Gasteiger partial charge on any atom is 0.0890 e. The van der Waals surface area contributed by atoms with E-state index in [-0.39, 0.29) is 5.60 Å². The normalized spacial score (nSPS) is 21.6. The van der Waals surface area contributed by atoms with Gasteiger partial charge in [-0.2, -0.15) is 0 Å². The first-order chi connectivity index (χ1) is 13.9. The van der Waals surface area contributed by atoms with Crippen LogP contribution in [0.4, 0.5) is 0 Å². The zero-order valence-corrected chi connectivity index (χ0v) is 19.8. The molecule has 1 unspecified atom stereocenters. The van der Waals surface area contributed by atoms with E-state index in [0.29, 0.717) is 6.10 Å². The van der Waals surface area contributed by atoms with Crippen LogP contribution in [0.2, 0.25) is 0 Å². The molecule has 1 aliphatic carbocycles. The Morgan fingerprint density at radius 3 is 2.34 bits per heavy atom. The van der Waals surface area contributed by atoms with Gasteiger partial charge in [0.05, 0.1) is 11.7 Å². The van der Waals surface area contributed by atoms with Crippen molar-refractivity contribution in [1.29, 1.82) is 0 Å². The number of rotatable bonds is 5. The largest absolute Gasteiger partial charge is 0.368 e. The van der Waals surface area contributed by atoms with Crippen LogP contribution in [0.25, 0.3) is 21.5 Å². The summed E-state index contributed by atoms with van der Waals surface area (Å²) in [5.74, 6) is 1.72. The van der Waals surface area contributed by atoms with Crippen molar-refractivity contribution in [3.8, 4) is 0 Å². The van der Waals surface area contributed by atoms with Gasteiger partial charge in [-0.1, -0.05) is 68.8 Å². The maximum atomic E-state index is 6.71. The average Bonchev–Trinajstić information content (AvgIpc) is 2.73. The molecule has 1 atom stereocenters. The summed E-state index contributed by atoms with van der Waals surface area (Å²) in [6.07, 6.45) is 6.65. The summed E-state index contributed by atoms with van der Waals surface area (Å²) in [5, 5.41) is 5.15. The molecule has 0 bridgehead atoms. The first kappa shape index (κ1) is 20.9. The third-order valence-electron chi connectivity index (χ3n) is 7.14. The minimum Gasteiger partial charge on any atom is -0.368 e. The van der Waals surface area contributed by atoms with Gasteiger partial charge >= 0.3 is 0 Å². The SMILES string of the molecule is CCC(C)C1CCC(OC(C)(C)c2ccc3c(ccc4ccccc43)c2Br)CC1. The fourth-order valence-electron chi connectivity index (χ4n) is 5.11. The van der Waals surface area contributed by atoms with Gasteiger partial charge < -0.3 is 4.74 Å². The lowest BCUT2D eigenvalue weighted by molar-refractivity contribution is -0.0958. The summed E-state index contributed by atoms with van der Waals surface area (Å²) in [4.78, 5) is 0. The Morgan fingerprint density at radius 2 is 1.62 bits per heavy atom. The number of halogens is 1. The highest BCUT2D eigenvalue weighted by Crippen LogP contribution is 2.41. The van der Waals surface area contributed by atoms with Crippen LogP contribution >= 0.6 is 15.9 Å². The minimum atomic E-state index is -0.313. The van der Waals surface area contributed by atoms with Gasteiger partial charge in [0.1, 0.15) is 0 Å². The van der Waals surface area contributed by atoms with Crippen molar-refractivity contribution in [3.05, 3.63) is 58.6 Å². The highest BCUT2D eigenvalue weighted by atomic mass is 79.9. The second kappa shape index (κ2) is 8.40. The Bertz CT molecular complexity index is 998. The molecule has 0 N–H and O–H groups in total. The van der Waals surface area contributed by atoms with E-state index in [1.54, 1.807) is 0 Å². The van der Waals surface area contributed by atoms with Crippen LogP contribution in [0.15, 0.2) is 53.0 Å². The Hall–Kier alpha value is -1.38. The van der Waals surface area contributed by atoms with Gasteiger partial charge in [-0.3, -0.25) is 0 Å². The molecule has 0 heterocycles. The quantitative estimate of drug-likeness (QED) is 0.352. The molecule has 1 nitrogen and oxygen atoms in total. The molecule has 0 aromatic heterocycles. The van der Waals surface area contributed by atoms with Crippen molar-refractivity contribution in [2.24, 2.45) is 11.8 Å². The summed E-state index contributed by atoms with van der Waals surface area (Å²) in [5.41, 5.74) is 0.927. The van der Waals surface area contributed by atoms with Gasteiger partial charge in [0, 0.05) is 4.47 Å². The number of hydrogen-bond acceptors (Lipinski definition) is 1. The third kappa shape index (κ3) is 4.11. The third-order valence-corrected chi connectivity index (χ3v) is 7.99. The van der Waals surface area contributed by atoms with Crippen molar-refractivity contribution < 1.29 is 4.74 Å². The molecule has 29 heavy (non-hydrogen) atoms. The van der Waals surface area contributed by atoms with Crippen molar-refractivity contribution in [2.75, 3.05) is 0 Å². The maximum absolute atomic E-state index is 6.71. The van der Waals surface area contributed by atoms with Crippen molar-refractivity contribution in [1.82, 2.24) is 0 Å². The molecule has 0 radical (unpaired) electrons. The van der Waals surface area contributed by atoms with E-state index >= 15 is 0 Å². The number of hydrogen-bond donors (Lipinski definition) is 0. The van der Waals surface area contributed by atoms with E-state index in [4.69, 9.17) is 4.74 Å². The highest BCUT2D eigenvalue weighted by molar-refractivity contribution is 9.10. The Labute approximate surface area is 184 Å². The lowest BCUT2D eigenvalue weighted by atomic mass is 9.78. The summed E-state index contributed by atoms with van der Waals surface area (Å²) < 4.78 is 7.88. The molecular formula is C27H33BrO. The fraction of sp³-hybridized carbons (Fsp3) is 0.481. The van der Waals surface area contributed by atoms with Crippen LogP contribution in [-0.4, -0.2) is 6.10 Å². The first-order valence-corrected chi connectivity index (χ1v) is 12.0. The van der Waals surface area contributed by atoms with Gasteiger partial charge in [-0.05, 0) is 94.4 Å². The predicted molar refractivity (Wildman–Crippen MR) is 128 cm³/mol. The molecule has 2 heteroatoms. The monoisotopic (exact) mass is 452 g/mol. The van der Waals surface area contributed by atoms with Crippen molar-refractivity contribution >= 4 is 37.5 Å². The van der Waals surface area contributed by atoms with Gasteiger partial charge in [-0.15, -0.1) is 0 Å². The van der Waals surface area contributed by atoms with Crippen LogP contribution in [-0.2, 0) is 10.3 Å². The van der Waals surface area contributed by atoms with Gasteiger partial charge in [0.25, 0.3) is 0 Å². The molecule has 1 saturated carbocycles. The van der Waals surface area contributed by atoms with E-state index in [1.165, 1.54) is 63.7 Å². The Kier molecular flexibility index (Phi) is 6.04. The topological polar surface area (TPSA) is 9.23 Å². The Morgan fingerprint density at radius 1 is 0.931 bits per heavy atom. The molecule has 0 spiro atoms.